The van der Waals surface area contributed by atoms with Crippen molar-refractivity contribution in [3.63, 3.8) is 0 Å². The average Bonchev–Trinajstić information content (AvgIpc) is 3.28. The Kier molecular flexibility index (Phi) is 3.76. The summed E-state index contributed by atoms with van der Waals surface area (Å²) in [6, 6.07) is 14.5. The molecule has 3 aromatic rings. The zero-order chi connectivity index (χ0) is 15.5. The van der Waals surface area contributed by atoms with Gasteiger partial charge >= 0.3 is 0 Å². The molecular formula is C18H19N5. The number of rotatable bonds is 4. The van der Waals surface area contributed by atoms with Gasteiger partial charge in [-0.25, -0.2) is 9.97 Å². The van der Waals surface area contributed by atoms with E-state index in [0.717, 1.165) is 30.3 Å². The van der Waals surface area contributed by atoms with Gasteiger partial charge in [0.1, 0.15) is 5.82 Å². The van der Waals surface area contributed by atoms with Crippen LogP contribution < -0.4 is 4.90 Å². The molecule has 1 aliphatic rings. The SMILES string of the molecule is c1ccc(-c2nccc(N3CCCC3Cn3cccn3)n2)cc1. The predicted molar refractivity (Wildman–Crippen MR) is 90.1 cm³/mol. The molecule has 0 saturated carbocycles. The third kappa shape index (κ3) is 2.95. The van der Waals surface area contributed by atoms with Crippen molar-refractivity contribution in [1.82, 2.24) is 19.7 Å². The van der Waals surface area contributed by atoms with E-state index in [1.54, 1.807) is 0 Å². The van der Waals surface area contributed by atoms with Crippen molar-refractivity contribution >= 4 is 5.82 Å². The molecule has 0 radical (unpaired) electrons. The summed E-state index contributed by atoms with van der Waals surface area (Å²) in [5.74, 6) is 1.79. The second-order valence-corrected chi connectivity index (χ2v) is 5.82. The molecule has 0 aliphatic carbocycles. The first-order chi connectivity index (χ1) is 11.4. The molecule has 1 unspecified atom stereocenters. The largest absolute Gasteiger partial charge is 0.352 e. The first-order valence-electron chi connectivity index (χ1n) is 8.03. The van der Waals surface area contributed by atoms with Crippen molar-refractivity contribution in [1.29, 1.82) is 0 Å². The molecule has 2 aromatic heterocycles. The fourth-order valence-electron chi connectivity index (χ4n) is 3.19. The monoisotopic (exact) mass is 305 g/mol. The van der Waals surface area contributed by atoms with E-state index >= 15 is 0 Å². The summed E-state index contributed by atoms with van der Waals surface area (Å²) in [4.78, 5) is 11.6. The van der Waals surface area contributed by atoms with Gasteiger partial charge in [-0.1, -0.05) is 30.3 Å². The van der Waals surface area contributed by atoms with Gasteiger partial charge in [-0.05, 0) is 25.0 Å². The third-order valence-electron chi connectivity index (χ3n) is 4.30. The molecule has 1 saturated heterocycles. The van der Waals surface area contributed by atoms with E-state index < -0.39 is 0 Å². The van der Waals surface area contributed by atoms with Crippen LogP contribution in [0.2, 0.25) is 0 Å². The highest BCUT2D eigenvalue weighted by Gasteiger charge is 2.26. The summed E-state index contributed by atoms with van der Waals surface area (Å²) in [5, 5.41) is 4.33. The minimum atomic E-state index is 0.438. The first-order valence-corrected chi connectivity index (χ1v) is 8.03. The summed E-state index contributed by atoms with van der Waals surface area (Å²) in [6.07, 6.45) is 8.07. The van der Waals surface area contributed by atoms with Gasteiger partial charge in [0.25, 0.3) is 0 Å². The van der Waals surface area contributed by atoms with Crippen molar-refractivity contribution in [3.8, 4) is 11.4 Å². The van der Waals surface area contributed by atoms with Crippen LogP contribution in [0.3, 0.4) is 0 Å². The molecule has 1 aliphatic heterocycles. The first kappa shape index (κ1) is 13.9. The van der Waals surface area contributed by atoms with Gasteiger partial charge in [0.15, 0.2) is 5.82 Å². The zero-order valence-electron chi connectivity index (χ0n) is 12.9. The minimum Gasteiger partial charge on any atom is -0.352 e. The minimum absolute atomic E-state index is 0.438. The molecule has 1 fully saturated rings. The van der Waals surface area contributed by atoms with Crippen LogP contribution >= 0.6 is 0 Å². The van der Waals surface area contributed by atoms with E-state index in [-0.39, 0.29) is 0 Å². The molecule has 1 atom stereocenters. The standard InChI is InChI=1S/C18H19N5/c1-2-6-15(7-3-1)18-19-11-9-17(21-18)23-13-4-8-16(23)14-22-12-5-10-20-22/h1-3,5-7,9-12,16H,4,8,13-14H2. The highest BCUT2D eigenvalue weighted by Crippen LogP contribution is 2.26. The lowest BCUT2D eigenvalue weighted by Crippen LogP contribution is -2.33. The van der Waals surface area contributed by atoms with E-state index in [0.29, 0.717) is 6.04 Å². The van der Waals surface area contributed by atoms with Crippen LogP contribution in [0.25, 0.3) is 11.4 Å². The molecule has 0 amide bonds. The molecule has 5 nitrogen and oxygen atoms in total. The summed E-state index contributed by atoms with van der Waals surface area (Å²) < 4.78 is 2.00. The van der Waals surface area contributed by atoms with E-state index in [1.165, 1.54) is 12.8 Å². The Balaban J connectivity index is 1.59. The third-order valence-corrected chi connectivity index (χ3v) is 4.30. The molecule has 23 heavy (non-hydrogen) atoms. The Morgan fingerprint density at radius 3 is 2.78 bits per heavy atom. The van der Waals surface area contributed by atoms with Crippen molar-refractivity contribution in [2.45, 2.75) is 25.4 Å². The quantitative estimate of drug-likeness (QED) is 0.743. The number of aromatic nitrogens is 4. The Morgan fingerprint density at radius 1 is 1.04 bits per heavy atom. The number of hydrogen-bond donors (Lipinski definition) is 0. The van der Waals surface area contributed by atoms with E-state index in [9.17, 15) is 0 Å². The number of anilines is 1. The Bertz CT molecular complexity index is 754. The lowest BCUT2D eigenvalue weighted by molar-refractivity contribution is 0.507. The highest BCUT2D eigenvalue weighted by atomic mass is 15.3. The van der Waals surface area contributed by atoms with Crippen LogP contribution in [0, 0.1) is 0 Å². The van der Waals surface area contributed by atoms with Gasteiger partial charge in [-0.3, -0.25) is 4.68 Å². The molecule has 4 rings (SSSR count). The Hall–Kier alpha value is -2.69. The second-order valence-electron chi connectivity index (χ2n) is 5.82. The molecule has 3 heterocycles. The van der Waals surface area contributed by atoms with Crippen LogP contribution in [0.4, 0.5) is 5.82 Å². The molecular weight excluding hydrogens is 286 g/mol. The summed E-state index contributed by atoms with van der Waals surface area (Å²) >= 11 is 0. The predicted octanol–water partition coefficient (Wildman–Crippen LogP) is 3.01. The Morgan fingerprint density at radius 2 is 1.96 bits per heavy atom. The van der Waals surface area contributed by atoms with Crippen molar-refractivity contribution in [3.05, 3.63) is 61.1 Å². The fraction of sp³-hybridized carbons (Fsp3) is 0.278. The average molecular weight is 305 g/mol. The summed E-state index contributed by atoms with van der Waals surface area (Å²) in [6.45, 7) is 1.94. The van der Waals surface area contributed by atoms with E-state index in [1.807, 2.05) is 65.7 Å². The van der Waals surface area contributed by atoms with Crippen LogP contribution in [0.1, 0.15) is 12.8 Å². The van der Waals surface area contributed by atoms with Gasteiger partial charge < -0.3 is 4.90 Å². The zero-order valence-corrected chi connectivity index (χ0v) is 12.9. The number of benzene rings is 1. The lowest BCUT2D eigenvalue weighted by Gasteiger charge is -2.25. The molecule has 1 aromatic carbocycles. The smallest absolute Gasteiger partial charge is 0.161 e. The van der Waals surface area contributed by atoms with Crippen LogP contribution in [-0.2, 0) is 6.54 Å². The van der Waals surface area contributed by atoms with Gasteiger partial charge in [-0.2, -0.15) is 5.10 Å². The van der Waals surface area contributed by atoms with Crippen molar-refractivity contribution < 1.29 is 0 Å². The fourth-order valence-corrected chi connectivity index (χ4v) is 3.19. The van der Waals surface area contributed by atoms with Crippen molar-refractivity contribution in [2.24, 2.45) is 0 Å². The topological polar surface area (TPSA) is 46.8 Å². The summed E-state index contributed by atoms with van der Waals surface area (Å²) in [7, 11) is 0. The van der Waals surface area contributed by atoms with Gasteiger partial charge in [0.2, 0.25) is 0 Å². The molecule has 0 spiro atoms. The normalized spacial score (nSPS) is 17.6. The van der Waals surface area contributed by atoms with Crippen LogP contribution in [0.5, 0.6) is 0 Å². The molecule has 0 N–H and O–H groups in total. The highest BCUT2D eigenvalue weighted by molar-refractivity contribution is 5.57. The second kappa shape index (κ2) is 6.20. The Labute approximate surface area is 135 Å². The van der Waals surface area contributed by atoms with E-state index in [4.69, 9.17) is 4.98 Å². The lowest BCUT2D eigenvalue weighted by atomic mass is 10.2. The van der Waals surface area contributed by atoms with Gasteiger partial charge in [0.05, 0.1) is 12.6 Å². The van der Waals surface area contributed by atoms with Crippen LogP contribution in [-0.4, -0.2) is 32.3 Å². The number of nitrogens with zero attached hydrogens (tertiary/aromatic N) is 5. The maximum atomic E-state index is 4.79. The van der Waals surface area contributed by atoms with Gasteiger partial charge in [-0.15, -0.1) is 0 Å². The van der Waals surface area contributed by atoms with E-state index in [2.05, 4.69) is 15.0 Å². The molecule has 116 valence electrons. The molecule has 0 bridgehead atoms. The van der Waals surface area contributed by atoms with Gasteiger partial charge in [0, 0.05) is 30.7 Å². The van der Waals surface area contributed by atoms with Crippen LogP contribution in [0.15, 0.2) is 61.1 Å². The summed E-state index contributed by atoms with van der Waals surface area (Å²) in [5.41, 5.74) is 1.05. The maximum Gasteiger partial charge on any atom is 0.161 e. The number of hydrogen-bond acceptors (Lipinski definition) is 4. The van der Waals surface area contributed by atoms with Crippen molar-refractivity contribution in [2.75, 3.05) is 11.4 Å². The maximum absolute atomic E-state index is 4.79. The molecule has 5 heteroatoms.